The Bertz CT molecular complexity index is 371. The van der Waals surface area contributed by atoms with Gasteiger partial charge >= 0.3 is 0 Å². The molecule has 0 heterocycles. The summed E-state index contributed by atoms with van der Waals surface area (Å²) in [6, 6.07) is 5.60. The molecule has 1 fully saturated rings. The van der Waals surface area contributed by atoms with E-state index in [1.165, 1.54) is 19.3 Å². The van der Waals surface area contributed by atoms with Crippen LogP contribution < -0.4 is 5.32 Å². The fourth-order valence-corrected chi connectivity index (χ4v) is 2.56. The number of aryl methyl sites for hydroxylation is 1. The topological polar surface area (TPSA) is 12.0 Å². The van der Waals surface area contributed by atoms with Gasteiger partial charge in [-0.25, -0.2) is 4.39 Å². The molecule has 0 radical (unpaired) electrons. The summed E-state index contributed by atoms with van der Waals surface area (Å²) in [6.45, 7) is 5.00. The van der Waals surface area contributed by atoms with E-state index in [1.54, 1.807) is 6.07 Å². The van der Waals surface area contributed by atoms with Gasteiger partial charge in [-0.1, -0.05) is 43.9 Å². The highest BCUT2D eigenvalue weighted by atomic mass is 19.1. The third-order valence-corrected chi connectivity index (χ3v) is 3.77. The molecule has 1 N–H and O–H groups in total. The van der Waals surface area contributed by atoms with Crippen molar-refractivity contribution >= 4 is 0 Å². The molecule has 2 heteroatoms. The van der Waals surface area contributed by atoms with Crippen LogP contribution in [0.15, 0.2) is 18.2 Å². The SMILES string of the molecule is CCNC(CC1CCC1)c1cc(C)ccc1F. The minimum atomic E-state index is -0.0686. The van der Waals surface area contributed by atoms with E-state index >= 15 is 0 Å². The molecule has 1 saturated carbocycles. The second-order valence-electron chi connectivity index (χ2n) is 5.17. The Hall–Kier alpha value is -0.890. The van der Waals surface area contributed by atoms with E-state index < -0.39 is 0 Å². The smallest absolute Gasteiger partial charge is 0.127 e. The van der Waals surface area contributed by atoms with E-state index in [0.717, 1.165) is 30.0 Å². The van der Waals surface area contributed by atoms with Gasteiger partial charge in [0.2, 0.25) is 0 Å². The highest BCUT2D eigenvalue weighted by Gasteiger charge is 2.24. The molecular formula is C15H22FN. The first-order chi connectivity index (χ1) is 8.20. The summed E-state index contributed by atoms with van der Waals surface area (Å²) in [5.41, 5.74) is 1.98. The lowest BCUT2D eigenvalue weighted by Gasteiger charge is -2.30. The summed E-state index contributed by atoms with van der Waals surface area (Å²) in [6.07, 6.45) is 5.05. The predicted octanol–water partition coefficient (Wildman–Crippen LogP) is 3.97. The van der Waals surface area contributed by atoms with E-state index in [4.69, 9.17) is 0 Å². The summed E-state index contributed by atoms with van der Waals surface area (Å²) >= 11 is 0. The lowest BCUT2D eigenvalue weighted by molar-refractivity contribution is 0.260. The van der Waals surface area contributed by atoms with Crippen molar-refractivity contribution in [2.45, 2.75) is 45.6 Å². The third-order valence-electron chi connectivity index (χ3n) is 3.77. The van der Waals surface area contributed by atoms with Crippen molar-refractivity contribution in [2.75, 3.05) is 6.54 Å². The average molecular weight is 235 g/mol. The van der Waals surface area contributed by atoms with Crippen molar-refractivity contribution in [3.05, 3.63) is 35.1 Å². The van der Waals surface area contributed by atoms with Crippen molar-refractivity contribution in [3.63, 3.8) is 0 Å². The molecule has 1 aromatic rings. The second kappa shape index (κ2) is 5.63. The Labute approximate surface area is 103 Å². The van der Waals surface area contributed by atoms with Crippen LogP contribution in [0.3, 0.4) is 0 Å². The van der Waals surface area contributed by atoms with E-state index in [9.17, 15) is 4.39 Å². The summed E-state index contributed by atoms with van der Waals surface area (Å²) in [7, 11) is 0. The highest BCUT2D eigenvalue weighted by molar-refractivity contribution is 5.27. The Morgan fingerprint density at radius 2 is 2.18 bits per heavy atom. The summed E-state index contributed by atoms with van der Waals surface area (Å²) in [4.78, 5) is 0. The first kappa shape index (κ1) is 12.6. The average Bonchev–Trinajstić information content (AvgIpc) is 2.25. The van der Waals surface area contributed by atoms with Gasteiger partial charge in [0.25, 0.3) is 0 Å². The zero-order valence-electron chi connectivity index (χ0n) is 10.8. The van der Waals surface area contributed by atoms with Gasteiger partial charge in [-0.15, -0.1) is 0 Å². The lowest BCUT2D eigenvalue weighted by atomic mass is 9.79. The monoisotopic (exact) mass is 235 g/mol. The van der Waals surface area contributed by atoms with Gasteiger partial charge < -0.3 is 5.32 Å². The van der Waals surface area contributed by atoms with E-state index in [2.05, 4.69) is 12.2 Å². The number of hydrogen-bond acceptors (Lipinski definition) is 1. The second-order valence-corrected chi connectivity index (χ2v) is 5.17. The van der Waals surface area contributed by atoms with Crippen LogP contribution in [0.2, 0.25) is 0 Å². The molecule has 17 heavy (non-hydrogen) atoms. The van der Waals surface area contributed by atoms with Gasteiger partial charge in [0.15, 0.2) is 0 Å². The van der Waals surface area contributed by atoms with E-state index in [-0.39, 0.29) is 11.9 Å². The molecule has 0 spiro atoms. The minimum absolute atomic E-state index is 0.0686. The third kappa shape index (κ3) is 3.06. The quantitative estimate of drug-likeness (QED) is 0.814. The number of halogens is 1. The summed E-state index contributed by atoms with van der Waals surface area (Å²) in [5.74, 6) is 0.722. The molecule has 0 aromatic heterocycles. The molecule has 1 atom stereocenters. The summed E-state index contributed by atoms with van der Waals surface area (Å²) in [5, 5.41) is 3.43. The van der Waals surface area contributed by atoms with Crippen molar-refractivity contribution in [1.29, 1.82) is 0 Å². The van der Waals surface area contributed by atoms with Crippen LogP contribution in [0.4, 0.5) is 4.39 Å². The van der Waals surface area contributed by atoms with E-state index in [0.29, 0.717) is 0 Å². The molecule has 0 amide bonds. The van der Waals surface area contributed by atoms with Crippen LogP contribution >= 0.6 is 0 Å². The van der Waals surface area contributed by atoms with Gasteiger partial charge in [-0.05, 0) is 31.9 Å². The number of benzene rings is 1. The largest absolute Gasteiger partial charge is 0.310 e. The van der Waals surface area contributed by atoms with Crippen LogP contribution in [0.5, 0.6) is 0 Å². The van der Waals surface area contributed by atoms with Gasteiger partial charge in [0, 0.05) is 11.6 Å². The fourth-order valence-electron chi connectivity index (χ4n) is 2.56. The van der Waals surface area contributed by atoms with Gasteiger partial charge in [0.1, 0.15) is 5.82 Å². The Morgan fingerprint density at radius 1 is 1.41 bits per heavy atom. The zero-order chi connectivity index (χ0) is 12.3. The highest BCUT2D eigenvalue weighted by Crippen LogP contribution is 2.35. The molecule has 0 aliphatic heterocycles. The molecule has 1 unspecified atom stereocenters. The molecule has 1 nitrogen and oxygen atoms in total. The summed E-state index contributed by atoms with van der Waals surface area (Å²) < 4.78 is 13.9. The van der Waals surface area contributed by atoms with Crippen LogP contribution in [0.25, 0.3) is 0 Å². The molecule has 1 aliphatic rings. The van der Waals surface area contributed by atoms with Crippen LogP contribution in [0, 0.1) is 18.7 Å². The van der Waals surface area contributed by atoms with Crippen LogP contribution in [0.1, 0.15) is 49.8 Å². The number of hydrogen-bond donors (Lipinski definition) is 1. The molecule has 2 rings (SSSR count). The zero-order valence-corrected chi connectivity index (χ0v) is 10.8. The molecule has 0 saturated heterocycles. The Morgan fingerprint density at radius 3 is 2.76 bits per heavy atom. The van der Waals surface area contributed by atoms with Crippen molar-refractivity contribution in [3.8, 4) is 0 Å². The predicted molar refractivity (Wildman–Crippen MR) is 69.5 cm³/mol. The first-order valence-electron chi connectivity index (χ1n) is 6.70. The maximum absolute atomic E-state index is 13.9. The maximum atomic E-state index is 13.9. The van der Waals surface area contributed by atoms with E-state index in [1.807, 2.05) is 19.1 Å². The molecule has 1 aromatic carbocycles. The van der Waals surface area contributed by atoms with Gasteiger partial charge in [0.05, 0.1) is 0 Å². The van der Waals surface area contributed by atoms with Crippen LogP contribution in [-0.4, -0.2) is 6.54 Å². The van der Waals surface area contributed by atoms with Crippen molar-refractivity contribution < 1.29 is 4.39 Å². The van der Waals surface area contributed by atoms with Gasteiger partial charge in [-0.3, -0.25) is 0 Å². The van der Waals surface area contributed by atoms with Crippen molar-refractivity contribution in [2.24, 2.45) is 5.92 Å². The standard InChI is InChI=1S/C15H22FN/c1-3-17-15(10-12-5-4-6-12)13-9-11(2)7-8-14(13)16/h7-9,12,15,17H,3-6,10H2,1-2H3. The normalized spacial score (nSPS) is 17.8. The van der Waals surface area contributed by atoms with Crippen molar-refractivity contribution in [1.82, 2.24) is 5.32 Å². The Balaban J connectivity index is 2.14. The molecule has 94 valence electrons. The van der Waals surface area contributed by atoms with Gasteiger partial charge in [-0.2, -0.15) is 0 Å². The Kier molecular flexibility index (Phi) is 4.16. The minimum Gasteiger partial charge on any atom is -0.310 e. The number of rotatable bonds is 5. The maximum Gasteiger partial charge on any atom is 0.127 e. The molecule has 0 bridgehead atoms. The van der Waals surface area contributed by atoms with Crippen LogP contribution in [-0.2, 0) is 0 Å². The lowest BCUT2D eigenvalue weighted by Crippen LogP contribution is -2.26. The number of nitrogens with one attached hydrogen (secondary N) is 1. The first-order valence-corrected chi connectivity index (χ1v) is 6.70. The molecule has 1 aliphatic carbocycles. The fraction of sp³-hybridized carbons (Fsp3) is 0.600. The molecular weight excluding hydrogens is 213 g/mol.